The van der Waals surface area contributed by atoms with Gasteiger partial charge in [-0.2, -0.15) is 4.37 Å². The van der Waals surface area contributed by atoms with E-state index in [2.05, 4.69) is 4.37 Å². The number of aromatic nitrogens is 3. The van der Waals surface area contributed by atoms with E-state index < -0.39 is 32.1 Å². The van der Waals surface area contributed by atoms with Crippen molar-refractivity contribution in [2.45, 2.75) is 11.8 Å². The molecule has 0 radical (unpaired) electrons. The Labute approximate surface area is 120 Å². The first-order chi connectivity index (χ1) is 9.72. The minimum Gasteiger partial charge on any atom is -0.478 e. The largest absolute Gasteiger partial charge is 0.478 e. The fourth-order valence-electron chi connectivity index (χ4n) is 1.47. The Kier molecular flexibility index (Phi) is 3.65. The van der Waals surface area contributed by atoms with Crippen molar-refractivity contribution in [3.05, 3.63) is 38.3 Å². The minimum absolute atomic E-state index is 0.139. The molecule has 0 aliphatic heterocycles. The summed E-state index contributed by atoms with van der Waals surface area (Å²) in [5.41, 5.74) is -2.15. The van der Waals surface area contributed by atoms with E-state index in [0.29, 0.717) is 11.5 Å². The van der Waals surface area contributed by atoms with Gasteiger partial charge in [-0.3, -0.25) is 14.5 Å². The van der Waals surface area contributed by atoms with Gasteiger partial charge in [0, 0.05) is 6.20 Å². The standard InChI is InChI=1S/C9H8N4O6S2/c1-3-5(8(15)16)7(20-12-3)13-21(18,19)4-2-10-9(17)11-6(4)14/h2,13H,1H3,(H,15,16)(H2,10,11,14,17). The molecule has 0 spiro atoms. The lowest BCUT2D eigenvalue weighted by Gasteiger charge is -2.05. The number of nitrogens with zero attached hydrogens (tertiary/aromatic N) is 1. The predicted molar refractivity (Wildman–Crippen MR) is 72.3 cm³/mol. The van der Waals surface area contributed by atoms with Gasteiger partial charge in [-0.25, -0.2) is 18.0 Å². The van der Waals surface area contributed by atoms with E-state index in [1.54, 1.807) is 4.98 Å². The Hall–Kier alpha value is -2.47. The van der Waals surface area contributed by atoms with E-state index >= 15 is 0 Å². The van der Waals surface area contributed by atoms with Crippen LogP contribution in [0.25, 0.3) is 0 Å². The number of carbonyl (C=O) groups is 1. The Morgan fingerprint density at radius 2 is 2.10 bits per heavy atom. The summed E-state index contributed by atoms with van der Waals surface area (Å²) in [5.74, 6) is -1.35. The Bertz CT molecular complexity index is 922. The molecule has 0 fully saturated rings. The number of hydrogen-bond donors (Lipinski definition) is 4. The van der Waals surface area contributed by atoms with Gasteiger partial charge in [-0.05, 0) is 18.5 Å². The lowest BCUT2D eigenvalue weighted by molar-refractivity contribution is 0.0697. The first-order valence-corrected chi connectivity index (χ1v) is 7.52. The Balaban J connectivity index is 2.50. The highest BCUT2D eigenvalue weighted by atomic mass is 32.2. The molecule has 0 aliphatic rings. The third kappa shape index (κ3) is 2.85. The number of carboxylic acids is 1. The summed E-state index contributed by atoms with van der Waals surface area (Å²) in [6.07, 6.45) is 0.720. The smallest absolute Gasteiger partial charge is 0.340 e. The fraction of sp³-hybridized carbons (Fsp3) is 0.111. The second kappa shape index (κ2) is 5.14. The number of sulfonamides is 1. The Morgan fingerprint density at radius 3 is 2.67 bits per heavy atom. The van der Waals surface area contributed by atoms with Gasteiger partial charge in [-0.1, -0.05) is 0 Å². The summed E-state index contributed by atoms with van der Waals surface area (Å²) in [4.78, 5) is 36.4. The molecule has 0 aliphatic carbocycles. The topological polar surface area (TPSA) is 162 Å². The van der Waals surface area contributed by atoms with Crippen LogP contribution in [0.2, 0.25) is 0 Å². The molecule has 4 N–H and O–H groups in total. The van der Waals surface area contributed by atoms with Gasteiger partial charge in [0.15, 0.2) is 4.90 Å². The lowest BCUT2D eigenvalue weighted by Crippen LogP contribution is -2.29. The second-order valence-electron chi connectivity index (χ2n) is 3.82. The van der Waals surface area contributed by atoms with E-state index in [9.17, 15) is 22.8 Å². The minimum atomic E-state index is -4.36. The van der Waals surface area contributed by atoms with Crippen LogP contribution in [0.4, 0.5) is 5.00 Å². The molecule has 21 heavy (non-hydrogen) atoms. The summed E-state index contributed by atoms with van der Waals surface area (Å²) in [6, 6.07) is 0. The predicted octanol–water partition coefficient (Wildman–Crippen LogP) is -0.673. The van der Waals surface area contributed by atoms with E-state index in [4.69, 9.17) is 5.11 Å². The molecule has 2 aromatic heterocycles. The van der Waals surface area contributed by atoms with Crippen LogP contribution >= 0.6 is 11.5 Å². The first kappa shape index (κ1) is 14.9. The molecule has 12 heteroatoms. The van der Waals surface area contributed by atoms with Gasteiger partial charge < -0.3 is 10.1 Å². The highest BCUT2D eigenvalue weighted by Gasteiger charge is 2.25. The number of H-pyrrole nitrogens is 2. The van der Waals surface area contributed by atoms with Crippen LogP contribution in [-0.4, -0.2) is 33.8 Å². The van der Waals surface area contributed by atoms with Gasteiger partial charge in [0.2, 0.25) is 0 Å². The number of hydrogen-bond acceptors (Lipinski definition) is 7. The van der Waals surface area contributed by atoms with E-state index in [1.807, 2.05) is 9.71 Å². The molecule has 10 nitrogen and oxygen atoms in total. The maximum atomic E-state index is 12.1. The molecular weight excluding hydrogens is 324 g/mol. The van der Waals surface area contributed by atoms with Gasteiger partial charge >= 0.3 is 11.7 Å². The van der Waals surface area contributed by atoms with E-state index in [0.717, 1.165) is 6.20 Å². The number of aromatic carboxylic acids is 1. The molecule has 0 amide bonds. The molecule has 0 aromatic carbocycles. The van der Waals surface area contributed by atoms with Crippen LogP contribution in [0.1, 0.15) is 16.1 Å². The van der Waals surface area contributed by atoms with Crippen molar-refractivity contribution in [3.8, 4) is 0 Å². The van der Waals surface area contributed by atoms with Crippen molar-refractivity contribution in [2.24, 2.45) is 0 Å². The number of rotatable bonds is 4. The summed E-state index contributed by atoms with van der Waals surface area (Å²) >= 11 is 0.630. The van der Waals surface area contributed by atoms with Crippen molar-refractivity contribution in [2.75, 3.05) is 4.72 Å². The van der Waals surface area contributed by atoms with Crippen LogP contribution in [0, 0.1) is 6.92 Å². The zero-order chi connectivity index (χ0) is 15.8. The van der Waals surface area contributed by atoms with Gasteiger partial charge in [0.1, 0.15) is 10.6 Å². The van der Waals surface area contributed by atoms with Crippen LogP contribution in [0.15, 0.2) is 20.7 Å². The average molecular weight is 332 g/mol. The second-order valence-corrected chi connectivity index (χ2v) is 6.24. The van der Waals surface area contributed by atoms with Crippen molar-refractivity contribution < 1.29 is 18.3 Å². The lowest BCUT2D eigenvalue weighted by atomic mass is 10.2. The highest BCUT2D eigenvalue weighted by Crippen LogP contribution is 2.26. The van der Waals surface area contributed by atoms with Crippen molar-refractivity contribution in [1.82, 2.24) is 14.3 Å². The van der Waals surface area contributed by atoms with Crippen LogP contribution < -0.4 is 16.0 Å². The van der Waals surface area contributed by atoms with Crippen molar-refractivity contribution in [3.63, 3.8) is 0 Å². The van der Waals surface area contributed by atoms with Crippen LogP contribution in [0.5, 0.6) is 0 Å². The van der Waals surface area contributed by atoms with Crippen LogP contribution in [-0.2, 0) is 10.0 Å². The number of carboxylic acid groups (broad SMARTS) is 1. The number of nitrogens with one attached hydrogen (secondary N) is 3. The zero-order valence-electron chi connectivity index (χ0n) is 10.3. The molecule has 2 rings (SSSR count). The number of aromatic amines is 2. The maximum Gasteiger partial charge on any atom is 0.340 e. The molecule has 0 unspecified atom stereocenters. The molecule has 2 heterocycles. The third-order valence-corrected chi connectivity index (χ3v) is 4.72. The Morgan fingerprint density at radius 1 is 1.43 bits per heavy atom. The van der Waals surface area contributed by atoms with Gasteiger partial charge in [0.05, 0.1) is 5.69 Å². The highest BCUT2D eigenvalue weighted by molar-refractivity contribution is 7.93. The molecule has 0 bridgehead atoms. The summed E-state index contributed by atoms with van der Waals surface area (Å²) in [6.45, 7) is 1.41. The zero-order valence-corrected chi connectivity index (χ0v) is 12.0. The maximum absolute atomic E-state index is 12.1. The molecule has 112 valence electrons. The van der Waals surface area contributed by atoms with Crippen molar-refractivity contribution >= 4 is 32.5 Å². The SMILES string of the molecule is Cc1nsc(NS(=O)(=O)c2c[nH]c(=O)[nH]c2=O)c1C(=O)O. The molecule has 0 saturated carbocycles. The fourth-order valence-corrected chi connectivity index (χ4v) is 3.55. The third-order valence-electron chi connectivity index (χ3n) is 2.38. The average Bonchev–Trinajstić information content (AvgIpc) is 2.68. The molecular formula is C9H8N4O6S2. The van der Waals surface area contributed by atoms with E-state index in [-0.39, 0.29) is 16.3 Å². The molecule has 2 aromatic rings. The summed E-state index contributed by atoms with van der Waals surface area (Å²) < 4.78 is 29.8. The van der Waals surface area contributed by atoms with Crippen molar-refractivity contribution in [1.29, 1.82) is 0 Å². The molecule has 0 saturated heterocycles. The number of anilines is 1. The van der Waals surface area contributed by atoms with Crippen LogP contribution in [0.3, 0.4) is 0 Å². The quantitative estimate of drug-likeness (QED) is 0.576. The van der Waals surface area contributed by atoms with E-state index in [1.165, 1.54) is 6.92 Å². The van der Waals surface area contributed by atoms with Gasteiger partial charge in [0.25, 0.3) is 15.6 Å². The first-order valence-electron chi connectivity index (χ1n) is 5.27. The molecule has 0 atom stereocenters. The summed E-state index contributed by atoms with van der Waals surface area (Å²) in [5, 5.41) is 8.78. The monoisotopic (exact) mass is 332 g/mol. The van der Waals surface area contributed by atoms with Gasteiger partial charge in [-0.15, -0.1) is 0 Å². The normalized spacial score (nSPS) is 11.3. The summed E-state index contributed by atoms with van der Waals surface area (Å²) in [7, 11) is -4.36. The number of aryl methyl sites for hydroxylation is 1.